The molecule has 0 saturated carbocycles. The molecule has 100 valence electrons. The molecule has 2 unspecified atom stereocenters. The van der Waals surface area contributed by atoms with Gasteiger partial charge in [0.1, 0.15) is 5.75 Å². The summed E-state index contributed by atoms with van der Waals surface area (Å²) in [6.45, 7) is 6.09. The molecule has 0 saturated heterocycles. The second-order valence-electron chi connectivity index (χ2n) is 4.08. The van der Waals surface area contributed by atoms with Gasteiger partial charge < -0.3 is 15.6 Å². The van der Waals surface area contributed by atoms with Gasteiger partial charge in [0.2, 0.25) is 0 Å². The summed E-state index contributed by atoms with van der Waals surface area (Å²) in [6.07, 6.45) is 0. The van der Waals surface area contributed by atoms with Crippen LogP contribution in [0, 0.1) is 5.92 Å². The van der Waals surface area contributed by atoms with Gasteiger partial charge in [0.15, 0.2) is 0 Å². The highest BCUT2D eigenvalue weighted by Crippen LogP contribution is 2.34. The van der Waals surface area contributed by atoms with Crippen molar-refractivity contribution in [3.8, 4) is 5.75 Å². The van der Waals surface area contributed by atoms with Gasteiger partial charge in [-0.1, -0.05) is 13.8 Å². The molecule has 5 heteroatoms. The van der Waals surface area contributed by atoms with Crippen LogP contribution in [0.15, 0.2) is 23.1 Å². The minimum absolute atomic E-state index is 0.0540. The number of carbonyl (C=O) groups is 1. The van der Waals surface area contributed by atoms with Crippen LogP contribution < -0.4 is 10.5 Å². The first kappa shape index (κ1) is 14.7. The number of benzene rings is 1. The third-order valence-corrected chi connectivity index (χ3v) is 4.09. The number of hydrogen-bond donors (Lipinski definition) is 2. The van der Waals surface area contributed by atoms with Gasteiger partial charge in [0, 0.05) is 15.8 Å². The maximum Gasteiger partial charge on any atom is 0.307 e. The fourth-order valence-electron chi connectivity index (χ4n) is 1.38. The summed E-state index contributed by atoms with van der Waals surface area (Å²) in [6, 6.07) is 5.45. The van der Waals surface area contributed by atoms with Crippen molar-refractivity contribution in [2.45, 2.75) is 30.9 Å². The minimum Gasteiger partial charge on any atom is -0.494 e. The Morgan fingerprint density at radius 1 is 1.50 bits per heavy atom. The van der Waals surface area contributed by atoms with Crippen molar-refractivity contribution < 1.29 is 14.6 Å². The van der Waals surface area contributed by atoms with Crippen molar-refractivity contribution in [2.75, 3.05) is 12.3 Å². The highest BCUT2D eigenvalue weighted by molar-refractivity contribution is 8.00. The molecule has 0 amide bonds. The number of hydrogen-bond acceptors (Lipinski definition) is 4. The highest BCUT2D eigenvalue weighted by Gasteiger charge is 2.21. The van der Waals surface area contributed by atoms with Gasteiger partial charge >= 0.3 is 5.97 Å². The number of rotatable bonds is 6. The van der Waals surface area contributed by atoms with E-state index in [-0.39, 0.29) is 5.25 Å². The van der Waals surface area contributed by atoms with Crippen LogP contribution in [0.4, 0.5) is 5.69 Å². The lowest BCUT2D eigenvalue weighted by molar-refractivity contribution is -0.140. The van der Waals surface area contributed by atoms with Crippen LogP contribution in [0.5, 0.6) is 5.75 Å². The standard InChI is InChI=1S/C13H19NO3S/c1-4-17-10-5-6-11(14)12(7-10)18-9(3)8(2)13(15)16/h5-9H,4,14H2,1-3H3,(H,15,16). The normalized spacial score (nSPS) is 13.9. The molecule has 0 aliphatic heterocycles. The summed E-state index contributed by atoms with van der Waals surface area (Å²) in [5.41, 5.74) is 6.53. The molecule has 18 heavy (non-hydrogen) atoms. The molecule has 4 nitrogen and oxygen atoms in total. The zero-order chi connectivity index (χ0) is 13.7. The molecule has 0 bridgehead atoms. The second-order valence-corrected chi connectivity index (χ2v) is 5.50. The number of nitrogens with two attached hydrogens (primary N) is 1. The van der Waals surface area contributed by atoms with E-state index in [0.29, 0.717) is 12.3 Å². The topological polar surface area (TPSA) is 72.5 Å². The Hall–Kier alpha value is -1.36. The van der Waals surface area contributed by atoms with E-state index in [1.165, 1.54) is 11.8 Å². The van der Waals surface area contributed by atoms with Crippen LogP contribution in [-0.2, 0) is 4.79 Å². The number of nitrogen functional groups attached to an aromatic ring is 1. The van der Waals surface area contributed by atoms with Gasteiger partial charge in [0.05, 0.1) is 12.5 Å². The number of carboxylic acids is 1. The Kier molecular flexibility index (Phi) is 5.34. The Morgan fingerprint density at radius 2 is 2.17 bits per heavy atom. The number of aliphatic carboxylic acids is 1. The summed E-state index contributed by atoms with van der Waals surface area (Å²) < 4.78 is 5.41. The largest absolute Gasteiger partial charge is 0.494 e. The van der Waals surface area contributed by atoms with Gasteiger partial charge in [-0.25, -0.2) is 0 Å². The van der Waals surface area contributed by atoms with Gasteiger partial charge in [0.25, 0.3) is 0 Å². The number of thioether (sulfide) groups is 1. The van der Waals surface area contributed by atoms with Gasteiger partial charge in [-0.05, 0) is 25.1 Å². The third kappa shape index (κ3) is 3.84. The van der Waals surface area contributed by atoms with Crippen LogP contribution in [0.2, 0.25) is 0 Å². The summed E-state index contributed by atoms with van der Waals surface area (Å²) >= 11 is 1.46. The van der Waals surface area contributed by atoms with E-state index in [9.17, 15) is 4.79 Å². The zero-order valence-corrected chi connectivity index (χ0v) is 11.7. The molecule has 0 radical (unpaired) electrons. The van der Waals surface area contributed by atoms with E-state index in [4.69, 9.17) is 15.6 Å². The first-order valence-electron chi connectivity index (χ1n) is 5.87. The maximum absolute atomic E-state index is 10.9. The zero-order valence-electron chi connectivity index (χ0n) is 10.8. The fraction of sp³-hybridized carbons (Fsp3) is 0.462. The Labute approximate surface area is 112 Å². The molecule has 0 aliphatic carbocycles. The number of anilines is 1. The van der Waals surface area contributed by atoms with Gasteiger partial charge in [-0.2, -0.15) is 0 Å². The third-order valence-electron chi connectivity index (χ3n) is 2.70. The summed E-state index contributed by atoms with van der Waals surface area (Å²) in [5.74, 6) is -0.468. The molecule has 0 spiro atoms. The molecule has 0 heterocycles. The summed E-state index contributed by atoms with van der Waals surface area (Å²) in [5, 5.41) is 8.92. The highest BCUT2D eigenvalue weighted by atomic mass is 32.2. The van der Waals surface area contributed by atoms with Crippen LogP contribution in [0.25, 0.3) is 0 Å². The number of carboxylic acid groups (broad SMARTS) is 1. The second kappa shape index (κ2) is 6.54. The molecule has 0 aliphatic rings. The van der Waals surface area contributed by atoms with Crippen molar-refractivity contribution >= 4 is 23.4 Å². The van der Waals surface area contributed by atoms with E-state index in [0.717, 1.165) is 10.6 Å². The molecule has 0 fully saturated rings. The maximum atomic E-state index is 10.9. The van der Waals surface area contributed by atoms with Crippen molar-refractivity contribution in [1.82, 2.24) is 0 Å². The van der Waals surface area contributed by atoms with Crippen LogP contribution >= 0.6 is 11.8 Å². The fourth-order valence-corrected chi connectivity index (χ4v) is 2.49. The van der Waals surface area contributed by atoms with Crippen molar-refractivity contribution in [3.63, 3.8) is 0 Å². The molecule has 1 rings (SSSR count). The van der Waals surface area contributed by atoms with Crippen LogP contribution in [-0.4, -0.2) is 22.9 Å². The quantitative estimate of drug-likeness (QED) is 0.613. The van der Waals surface area contributed by atoms with Crippen LogP contribution in [0.1, 0.15) is 20.8 Å². The van der Waals surface area contributed by atoms with Gasteiger partial charge in [-0.3, -0.25) is 4.79 Å². The van der Waals surface area contributed by atoms with Crippen molar-refractivity contribution in [3.05, 3.63) is 18.2 Å². The van der Waals surface area contributed by atoms with E-state index < -0.39 is 11.9 Å². The first-order chi connectivity index (χ1) is 8.45. The lowest BCUT2D eigenvalue weighted by Gasteiger charge is -2.17. The Bertz CT molecular complexity index is 423. The number of ether oxygens (including phenoxy) is 1. The summed E-state index contributed by atoms with van der Waals surface area (Å²) in [7, 11) is 0. The van der Waals surface area contributed by atoms with Crippen molar-refractivity contribution in [1.29, 1.82) is 0 Å². The Balaban J connectivity index is 2.82. The summed E-state index contributed by atoms with van der Waals surface area (Å²) in [4.78, 5) is 11.8. The molecule has 2 atom stereocenters. The molecular weight excluding hydrogens is 250 g/mol. The van der Waals surface area contributed by atoms with Gasteiger partial charge in [-0.15, -0.1) is 11.8 Å². The average Bonchev–Trinajstić information content (AvgIpc) is 2.32. The lowest BCUT2D eigenvalue weighted by Crippen LogP contribution is -2.20. The molecule has 3 N–H and O–H groups in total. The van der Waals surface area contributed by atoms with E-state index >= 15 is 0 Å². The Morgan fingerprint density at radius 3 is 2.72 bits per heavy atom. The predicted octanol–water partition coefficient (Wildman–Crippen LogP) is 2.87. The molecule has 1 aromatic rings. The van der Waals surface area contributed by atoms with Crippen molar-refractivity contribution in [2.24, 2.45) is 5.92 Å². The van der Waals surface area contributed by atoms with E-state index in [2.05, 4.69) is 0 Å². The minimum atomic E-state index is -0.797. The first-order valence-corrected chi connectivity index (χ1v) is 6.75. The lowest BCUT2D eigenvalue weighted by atomic mass is 10.1. The van der Waals surface area contributed by atoms with Crippen LogP contribution in [0.3, 0.4) is 0 Å². The smallest absolute Gasteiger partial charge is 0.307 e. The van der Waals surface area contributed by atoms with E-state index in [1.54, 1.807) is 13.0 Å². The molecule has 0 aromatic heterocycles. The predicted molar refractivity (Wildman–Crippen MR) is 74.1 cm³/mol. The monoisotopic (exact) mass is 269 g/mol. The molecule has 1 aromatic carbocycles. The average molecular weight is 269 g/mol. The van der Waals surface area contributed by atoms with E-state index in [1.807, 2.05) is 26.0 Å². The molecular formula is C13H19NO3S. The SMILES string of the molecule is CCOc1ccc(N)c(SC(C)C(C)C(=O)O)c1.